The van der Waals surface area contributed by atoms with E-state index in [-0.39, 0.29) is 31.0 Å². The number of nitrogens with one attached hydrogen (secondary N) is 1. The fourth-order valence-electron chi connectivity index (χ4n) is 5.11. The van der Waals surface area contributed by atoms with E-state index in [9.17, 15) is 18.0 Å². The van der Waals surface area contributed by atoms with Gasteiger partial charge in [0.2, 0.25) is 28.6 Å². The predicted octanol–water partition coefficient (Wildman–Crippen LogP) is 4.14. The summed E-state index contributed by atoms with van der Waals surface area (Å²) in [4.78, 5) is 29.0. The average molecular weight is 558 g/mol. The summed E-state index contributed by atoms with van der Waals surface area (Å²) in [6.07, 6.45) is 5.59. The second-order valence-electron chi connectivity index (χ2n) is 10.2. The van der Waals surface area contributed by atoms with Gasteiger partial charge >= 0.3 is 0 Å². The third-order valence-electron chi connectivity index (χ3n) is 7.43. The van der Waals surface area contributed by atoms with Crippen molar-refractivity contribution in [1.82, 2.24) is 10.2 Å². The number of sulfonamides is 1. The second-order valence-corrected chi connectivity index (χ2v) is 12.4. The molecule has 212 valence electrons. The van der Waals surface area contributed by atoms with Crippen molar-refractivity contribution in [3.05, 3.63) is 53.6 Å². The van der Waals surface area contributed by atoms with Gasteiger partial charge in [0.1, 0.15) is 12.6 Å². The maximum atomic E-state index is 14.0. The number of ether oxygens (including phenoxy) is 2. The van der Waals surface area contributed by atoms with Crippen LogP contribution in [0.25, 0.3) is 0 Å². The van der Waals surface area contributed by atoms with Crippen LogP contribution in [-0.2, 0) is 26.2 Å². The average Bonchev–Trinajstić information content (AvgIpc) is 3.41. The zero-order valence-corrected chi connectivity index (χ0v) is 23.8. The summed E-state index contributed by atoms with van der Waals surface area (Å²) in [6, 6.07) is 12.0. The first-order chi connectivity index (χ1) is 18.7. The molecule has 2 aromatic rings. The Hall–Kier alpha value is -3.27. The normalized spacial score (nSPS) is 16.0. The summed E-state index contributed by atoms with van der Waals surface area (Å²) in [5, 5.41) is 3.16. The van der Waals surface area contributed by atoms with Gasteiger partial charge in [-0.15, -0.1) is 0 Å². The molecule has 0 aromatic heterocycles. The summed E-state index contributed by atoms with van der Waals surface area (Å²) in [5.41, 5.74) is 2.26. The van der Waals surface area contributed by atoms with Crippen molar-refractivity contribution >= 4 is 27.5 Å². The monoisotopic (exact) mass is 557 g/mol. The molecule has 2 amide bonds. The zero-order chi connectivity index (χ0) is 28.0. The maximum absolute atomic E-state index is 14.0. The van der Waals surface area contributed by atoms with Crippen molar-refractivity contribution in [2.45, 2.75) is 77.9 Å². The van der Waals surface area contributed by atoms with Crippen LogP contribution in [0.1, 0.15) is 63.5 Å². The highest BCUT2D eigenvalue weighted by Gasteiger charge is 2.34. The van der Waals surface area contributed by atoms with E-state index in [0.29, 0.717) is 23.6 Å². The largest absolute Gasteiger partial charge is 0.454 e. The fourth-order valence-corrected chi connectivity index (χ4v) is 6.17. The van der Waals surface area contributed by atoms with Gasteiger partial charge < -0.3 is 19.7 Å². The molecule has 4 rings (SSSR count). The third kappa shape index (κ3) is 7.03. The van der Waals surface area contributed by atoms with E-state index in [1.54, 1.807) is 18.2 Å². The lowest BCUT2D eigenvalue weighted by atomic mass is 9.95. The molecule has 10 heteroatoms. The predicted molar refractivity (Wildman–Crippen MR) is 150 cm³/mol. The molecule has 0 bridgehead atoms. The SMILES string of the molecule is CC[C@H](C(=O)NC1CCCCC1)N(Cc1ccc(C)cc1)C(=O)CN(c1ccc2c(c1)OCO2)S(=O)(=O)CC. The van der Waals surface area contributed by atoms with E-state index in [4.69, 9.17) is 9.47 Å². The Morgan fingerprint density at radius 1 is 1.00 bits per heavy atom. The smallest absolute Gasteiger partial charge is 0.244 e. The Labute approximate surface area is 231 Å². The second kappa shape index (κ2) is 12.7. The first kappa shape index (κ1) is 28.7. The highest BCUT2D eigenvalue weighted by Crippen LogP contribution is 2.36. The first-order valence-corrected chi connectivity index (χ1v) is 15.4. The van der Waals surface area contributed by atoms with Gasteiger partial charge in [0, 0.05) is 18.7 Å². The van der Waals surface area contributed by atoms with Crippen molar-refractivity contribution in [1.29, 1.82) is 0 Å². The Balaban J connectivity index is 1.63. The van der Waals surface area contributed by atoms with Crippen LogP contribution in [-0.4, -0.2) is 56.3 Å². The van der Waals surface area contributed by atoms with E-state index in [1.165, 1.54) is 18.2 Å². The van der Waals surface area contributed by atoms with Crippen LogP contribution in [0.15, 0.2) is 42.5 Å². The van der Waals surface area contributed by atoms with Gasteiger partial charge in [0.05, 0.1) is 11.4 Å². The number of anilines is 1. The van der Waals surface area contributed by atoms with Crippen molar-refractivity contribution in [2.75, 3.05) is 23.4 Å². The van der Waals surface area contributed by atoms with Crippen molar-refractivity contribution in [2.24, 2.45) is 0 Å². The third-order valence-corrected chi connectivity index (χ3v) is 9.18. The fraction of sp³-hybridized carbons (Fsp3) is 0.517. The Bertz CT molecular complexity index is 1260. The maximum Gasteiger partial charge on any atom is 0.244 e. The van der Waals surface area contributed by atoms with Crippen molar-refractivity contribution in [3.8, 4) is 11.5 Å². The van der Waals surface area contributed by atoms with Crippen LogP contribution in [0.5, 0.6) is 11.5 Å². The first-order valence-electron chi connectivity index (χ1n) is 13.8. The molecule has 1 fully saturated rings. The van der Waals surface area contributed by atoms with Crippen LogP contribution in [0.3, 0.4) is 0 Å². The molecule has 2 aliphatic rings. The van der Waals surface area contributed by atoms with Gasteiger partial charge in [0.15, 0.2) is 11.5 Å². The highest BCUT2D eigenvalue weighted by molar-refractivity contribution is 7.92. The van der Waals surface area contributed by atoms with E-state index in [1.807, 2.05) is 38.1 Å². The lowest BCUT2D eigenvalue weighted by molar-refractivity contribution is -0.140. The van der Waals surface area contributed by atoms with E-state index >= 15 is 0 Å². The number of hydrogen-bond acceptors (Lipinski definition) is 6. The highest BCUT2D eigenvalue weighted by atomic mass is 32.2. The molecule has 0 unspecified atom stereocenters. The molecule has 1 saturated carbocycles. The number of aryl methyl sites for hydroxylation is 1. The number of fused-ring (bicyclic) bond motifs is 1. The molecule has 1 aliphatic carbocycles. The number of carbonyl (C=O) groups excluding carboxylic acids is 2. The summed E-state index contributed by atoms with van der Waals surface area (Å²) < 4.78 is 38.3. The summed E-state index contributed by atoms with van der Waals surface area (Å²) in [7, 11) is -3.82. The van der Waals surface area contributed by atoms with Crippen LogP contribution in [0, 0.1) is 6.92 Å². The number of carbonyl (C=O) groups is 2. The lowest BCUT2D eigenvalue weighted by Crippen LogP contribution is -2.54. The molecule has 1 aliphatic heterocycles. The van der Waals surface area contributed by atoms with Gasteiger partial charge in [-0.3, -0.25) is 13.9 Å². The molecule has 1 heterocycles. The molecule has 39 heavy (non-hydrogen) atoms. The molecular weight excluding hydrogens is 518 g/mol. The van der Waals surface area contributed by atoms with Crippen molar-refractivity contribution in [3.63, 3.8) is 0 Å². The topological polar surface area (TPSA) is 105 Å². The summed E-state index contributed by atoms with van der Waals surface area (Å²) in [6.45, 7) is 5.20. The molecule has 1 atom stereocenters. The van der Waals surface area contributed by atoms with E-state index in [2.05, 4.69) is 5.32 Å². The molecule has 0 saturated heterocycles. The molecule has 0 radical (unpaired) electrons. The van der Waals surface area contributed by atoms with Crippen LogP contribution in [0.4, 0.5) is 5.69 Å². The minimum absolute atomic E-state index is 0.0524. The lowest BCUT2D eigenvalue weighted by Gasteiger charge is -2.34. The van der Waals surface area contributed by atoms with Crippen molar-refractivity contribution < 1.29 is 27.5 Å². The molecular formula is C29H39N3O6S. The Morgan fingerprint density at radius 3 is 2.36 bits per heavy atom. The minimum atomic E-state index is -3.82. The van der Waals surface area contributed by atoms with Crippen LogP contribution >= 0.6 is 0 Å². The van der Waals surface area contributed by atoms with Gasteiger partial charge in [-0.2, -0.15) is 0 Å². The Morgan fingerprint density at radius 2 is 1.69 bits per heavy atom. The quantitative estimate of drug-likeness (QED) is 0.445. The van der Waals surface area contributed by atoms with Gasteiger partial charge in [0.25, 0.3) is 0 Å². The van der Waals surface area contributed by atoms with Gasteiger partial charge in [-0.05, 0) is 50.8 Å². The minimum Gasteiger partial charge on any atom is -0.454 e. The number of hydrogen-bond donors (Lipinski definition) is 1. The standard InChI is InChI=1S/C29H39N3O6S/c1-4-25(29(34)30-23-9-7-6-8-10-23)31(18-22-13-11-21(3)12-14-22)28(33)19-32(39(35,36)5-2)24-15-16-26-27(17-24)38-20-37-26/h11-17,23,25H,4-10,18-20H2,1-3H3,(H,30,34)/t25-/m1/s1. The molecule has 9 nitrogen and oxygen atoms in total. The Kier molecular flexibility index (Phi) is 9.37. The molecule has 0 spiro atoms. The summed E-state index contributed by atoms with van der Waals surface area (Å²) >= 11 is 0. The van der Waals surface area contributed by atoms with Gasteiger partial charge in [-0.25, -0.2) is 8.42 Å². The zero-order valence-electron chi connectivity index (χ0n) is 23.0. The van der Waals surface area contributed by atoms with Gasteiger partial charge in [-0.1, -0.05) is 56.0 Å². The number of benzene rings is 2. The van der Waals surface area contributed by atoms with E-state index < -0.39 is 28.5 Å². The van der Waals surface area contributed by atoms with E-state index in [0.717, 1.165) is 41.1 Å². The van der Waals surface area contributed by atoms with Crippen LogP contribution in [0.2, 0.25) is 0 Å². The molecule has 2 aromatic carbocycles. The van der Waals surface area contributed by atoms with Crippen LogP contribution < -0.4 is 19.1 Å². The molecule has 1 N–H and O–H groups in total. The number of rotatable bonds is 11. The number of amides is 2. The number of nitrogens with zero attached hydrogens (tertiary/aromatic N) is 2. The summed E-state index contributed by atoms with van der Waals surface area (Å²) in [5.74, 6) is 0.108.